The van der Waals surface area contributed by atoms with Crippen LogP contribution >= 0.6 is 0 Å². The second kappa shape index (κ2) is 5.59. The predicted molar refractivity (Wildman–Crippen MR) is 100 cm³/mol. The highest BCUT2D eigenvalue weighted by molar-refractivity contribution is 5.86. The third-order valence-electron chi connectivity index (χ3n) is 4.39. The van der Waals surface area contributed by atoms with Crippen molar-refractivity contribution >= 4 is 11.0 Å². The van der Waals surface area contributed by atoms with E-state index in [9.17, 15) is 0 Å². The molecule has 4 nitrogen and oxygen atoms in total. The van der Waals surface area contributed by atoms with Gasteiger partial charge in [0.2, 0.25) is 0 Å². The van der Waals surface area contributed by atoms with Crippen LogP contribution in [-0.2, 0) is 5.41 Å². The number of aromatic amines is 1. The van der Waals surface area contributed by atoms with Crippen LogP contribution in [0.5, 0.6) is 0 Å². The number of benzene rings is 2. The fourth-order valence-corrected chi connectivity index (χ4v) is 3.10. The average Bonchev–Trinajstić information content (AvgIpc) is 3.20. The molecule has 0 radical (unpaired) electrons. The summed E-state index contributed by atoms with van der Waals surface area (Å²) < 4.78 is 5.78. The molecule has 0 saturated heterocycles. The SMILES string of the molecule is Cc1cccc2[nH]c(-c3c(C(C)(C)C)noc3-c3ccccc3)nc12. The summed E-state index contributed by atoms with van der Waals surface area (Å²) in [5.74, 6) is 1.55. The zero-order chi connectivity index (χ0) is 17.6. The minimum absolute atomic E-state index is 0.153. The molecule has 25 heavy (non-hydrogen) atoms. The molecule has 0 amide bonds. The van der Waals surface area contributed by atoms with Gasteiger partial charge < -0.3 is 9.51 Å². The van der Waals surface area contributed by atoms with Gasteiger partial charge in [-0.25, -0.2) is 4.98 Å². The molecule has 1 N–H and O–H groups in total. The Kier molecular flexibility index (Phi) is 3.49. The molecular weight excluding hydrogens is 310 g/mol. The minimum Gasteiger partial charge on any atom is -0.355 e. The summed E-state index contributed by atoms with van der Waals surface area (Å²) >= 11 is 0. The van der Waals surface area contributed by atoms with Gasteiger partial charge in [-0.2, -0.15) is 0 Å². The van der Waals surface area contributed by atoms with Gasteiger partial charge in [0.15, 0.2) is 5.76 Å². The van der Waals surface area contributed by atoms with E-state index in [4.69, 9.17) is 9.51 Å². The zero-order valence-electron chi connectivity index (χ0n) is 14.9. The quantitative estimate of drug-likeness (QED) is 0.528. The number of nitrogens with one attached hydrogen (secondary N) is 1. The summed E-state index contributed by atoms with van der Waals surface area (Å²) in [6.45, 7) is 8.48. The number of imidazole rings is 1. The highest BCUT2D eigenvalue weighted by Crippen LogP contribution is 2.39. The van der Waals surface area contributed by atoms with Gasteiger partial charge in [0.1, 0.15) is 11.5 Å². The lowest BCUT2D eigenvalue weighted by Crippen LogP contribution is -2.13. The molecule has 2 aromatic heterocycles. The smallest absolute Gasteiger partial charge is 0.178 e. The van der Waals surface area contributed by atoms with Gasteiger partial charge in [-0.05, 0) is 18.6 Å². The van der Waals surface area contributed by atoms with Crippen LogP contribution in [0.25, 0.3) is 33.7 Å². The van der Waals surface area contributed by atoms with Crippen LogP contribution in [0.3, 0.4) is 0 Å². The van der Waals surface area contributed by atoms with E-state index in [0.29, 0.717) is 0 Å². The number of para-hydroxylation sites is 1. The maximum atomic E-state index is 5.78. The van der Waals surface area contributed by atoms with E-state index in [2.05, 4.69) is 43.9 Å². The van der Waals surface area contributed by atoms with Crippen molar-refractivity contribution in [2.75, 3.05) is 0 Å². The van der Waals surface area contributed by atoms with Gasteiger partial charge in [-0.3, -0.25) is 0 Å². The Morgan fingerprint density at radius 1 is 0.960 bits per heavy atom. The van der Waals surface area contributed by atoms with Crippen molar-refractivity contribution in [1.29, 1.82) is 0 Å². The van der Waals surface area contributed by atoms with Crippen LogP contribution in [0.1, 0.15) is 32.0 Å². The number of hydrogen-bond donors (Lipinski definition) is 1. The lowest BCUT2D eigenvalue weighted by Gasteiger charge is -2.15. The molecular formula is C21H21N3O. The molecule has 126 valence electrons. The highest BCUT2D eigenvalue weighted by atomic mass is 16.5. The molecule has 0 aliphatic heterocycles. The molecule has 0 fully saturated rings. The molecule has 2 heterocycles. The second-order valence-corrected chi connectivity index (χ2v) is 7.41. The first-order valence-corrected chi connectivity index (χ1v) is 8.46. The molecule has 4 rings (SSSR count). The highest BCUT2D eigenvalue weighted by Gasteiger charge is 2.29. The number of H-pyrrole nitrogens is 1. The summed E-state index contributed by atoms with van der Waals surface area (Å²) in [6, 6.07) is 16.2. The van der Waals surface area contributed by atoms with E-state index < -0.39 is 0 Å². The van der Waals surface area contributed by atoms with Crippen molar-refractivity contribution in [3.8, 4) is 22.7 Å². The summed E-state index contributed by atoms with van der Waals surface area (Å²) in [7, 11) is 0. The van der Waals surface area contributed by atoms with E-state index in [1.165, 1.54) is 0 Å². The second-order valence-electron chi connectivity index (χ2n) is 7.41. The van der Waals surface area contributed by atoms with Gasteiger partial charge in [0.05, 0.1) is 16.6 Å². The van der Waals surface area contributed by atoms with Gasteiger partial charge in [-0.15, -0.1) is 0 Å². The molecule has 4 heteroatoms. The van der Waals surface area contributed by atoms with Crippen molar-refractivity contribution in [2.24, 2.45) is 0 Å². The van der Waals surface area contributed by atoms with Crippen molar-refractivity contribution in [1.82, 2.24) is 15.1 Å². The fourth-order valence-electron chi connectivity index (χ4n) is 3.10. The lowest BCUT2D eigenvalue weighted by atomic mass is 9.88. The van der Waals surface area contributed by atoms with Gasteiger partial charge in [0, 0.05) is 11.0 Å². The molecule has 0 unspecified atom stereocenters. The van der Waals surface area contributed by atoms with Gasteiger partial charge >= 0.3 is 0 Å². The number of nitrogens with zero attached hydrogens (tertiary/aromatic N) is 2. The van der Waals surface area contributed by atoms with Crippen molar-refractivity contribution in [3.05, 3.63) is 59.8 Å². The largest absolute Gasteiger partial charge is 0.355 e. The van der Waals surface area contributed by atoms with Crippen LogP contribution < -0.4 is 0 Å². The Morgan fingerprint density at radius 2 is 1.72 bits per heavy atom. The van der Waals surface area contributed by atoms with E-state index in [1.807, 2.05) is 42.5 Å². The van der Waals surface area contributed by atoms with Gasteiger partial charge in [0.25, 0.3) is 0 Å². The van der Waals surface area contributed by atoms with Crippen molar-refractivity contribution in [3.63, 3.8) is 0 Å². The molecule has 0 spiro atoms. The molecule has 0 bridgehead atoms. The third kappa shape index (κ3) is 2.64. The van der Waals surface area contributed by atoms with E-state index in [1.54, 1.807) is 0 Å². The summed E-state index contributed by atoms with van der Waals surface area (Å²) in [5, 5.41) is 4.40. The standard InChI is InChI=1S/C21H21N3O/c1-13-9-8-12-15-17(13)23-20(22-15)16-18(14-10-6-5-7-11-14)25-24-19(16)21(2,3)4/h5-12H,1-4H3,(H,22,23). The summed E-state index contributed by atoms with van der Waals surface area (Å²) in [5.41, 5.74) is 5.84. The number of hydrogen-bond acceptors (Lipinski definition) is 3. The Bertz CT molecular complexity index is 1040. The van der Waals surface area contributed by atoms with E-state index in [-0.39, 0.29) is 5.41 Å². The summed E-state index contributed by atoms with van der Waals surface area (Å²) in [6.07, 6.45) is 0. The minimum atomic E-state index is -0.153. The first-order valence-electron chi connectivity index (χ1n) is 8.46. The lowest BCUT2D eigenvalue weighted by molar-refractivity contribution is 0.402. The number of aryl methyl sites for hydroxylation is 1. The molecule has 0 aliphatic carbocycles. The first-order chi connectivity index (χ1) is 11.9. The maximum Gasteiger partial charge on any atom is 0.178 e. The Morgan fingerprint density at radius 3 is 2.40 bits per heavy atom. The molecule has 0 saturated carbocycles. The maximum absolute atomic E-state index is 5.78. The Labute approximate surface area is 146 Å². The van der Waals surface area contributed by atoms with E-state index in [0.717, 1.165) is 45.0 Å². The van der Waals surface area contributed by atoms with E-state index >= 15 is 0 Å². The van der Waals surface area contributed by atoms with Gasteiger partial charge in [-0.1, -0.05) is 68.4 Å². The average molecular weight is 331 g/mol. The van der Waals surface area contributed by atoms with Crippen LogP contribution in [0.15, 0.2) is 53.1 Å². The Hall–Kier alpha value is -2.88. The topological polar surface area (TPSA) is 54.7 Å². The van der Waals surface area contributed by atoms with Crippen LogP contribution in [0, 0.1) is 6.92 Å². The van der Waals surface area contributed by atoms with Crippen molar-refractivity contribution < 1.29 is 4.52 Å². The molecule has 0 aliphatic rings. The van der Waals surface area contributed by atoms with Crippen LogP contribution in [0.4, 0.5) is 0 Å². The number of rotatable bonds is 2. The third-order valence-corrected chi connectivity index (χ3v) is 4.39. The molecule has 2 aromatic carbocycles. The normalized spacial score (nSPS) is 12.0. The first kappa shape index (κ1) is 15.6. The Balaban J connectivity index is 2.01. The fraction of sp³-hybridized carbons (Fsp3) is 0.238. The monoisotopic (exact) mass is 331 g/mol. The van der Waals surface area contributed by atoms with Crippen molar-refractivity contribution in [2.45, 2.75) is 33.1 Å². The van der Waals surface area contributed by atoms with Crippen LogP contribution in [0.2, 0.25) is 0 Å². The zero-order valence-corrected chi connectivity index (χ0v) is 14.9. The predicted octanol–water partition coefficient (Wildman–Crippen LogP) is 5.49. The number of aromatic nitrogens is 3. The summed E-state index contributed by atoms with van der Waals surface area (Å²) in [4.78, 5) is 8.31. The number of fused-ring (bicyclic) bond motifs is 1. The molecule has 0 atom stereocenters. The molecule has 4 aromatic rings. The van der Waals surface area contributed by atoms with Crippen LogP contribution in [-0.4, -0.2) is 15.1 Å².